The van der Waals surface area contributed by atoms with E-state index < -0.39 is 5.60 Å². The van der Waals surface area contributed by atoms with E-state index in [9.17, 15) is 5.11 Å². The Bertz CT molecular complexity index is 246. The number of nitrogens with one attached hydrogen (secondary N) is 1. The quantitative estimate of drug-likeness (QED) is 0.761. The van der Waals surface area contributed by atoms with Gasteiger partial charge in [0, 0.05) is 19.2 Å². The molecule has 3 rings (SSSR count). The van der Waals surface area contributed by atoms with Gasteiger partial charge in [0.25, 0.3) is 0 Å². The second-order valence-corrected chi connectivity index (χ2v) is 5.88. The third-order valence-electron chi connectivity index (χ3n) is 4.45. The lowest BCUT2D eigenvalue weighted by atomic mass is 10.0. The van der Waals surface area contributed by atoms with Gasteiger partial charge < -0.3 is 15.2 Å². The fourth-order valence-electron chi connectivity index (χ4n) is 3.25. The molecule has 2 aliphatic carbocycles. The number of rotatable bonds is 4. The highest BCUT2D eigenvalue weighted by Crippen LogP contribution is 2.39. The van der Waals surface area contributed by atoms with Gasteiger partial charge in [0.05, 0.1) is 11.7 Å². The molecule has 1 heterocycles. The Morgan fingerprint density at radius 2 is 1.94 bits per heavy atom. The third-order valence-corrected chi connectivity index (χ3v) is 4.45. The first-order valence-electron chi connectivity index (χ1n) is 6.84. The predicted molar refractivity (Wildman–Crippen MR) is 62.3 cm³/mol. The molecule has 3 aliphatic rings. The second kappa shape index (κ2) is 4.28. The highest BCUT2D eigenvalue weighted by molar-refractivity contribution is 4.95. The first-order chi connectivity index (χ1) is 7.77. The van der Waals surface area contributed by atoms with E-state index in [1.807, 2.05) is 0 Å². The van der Waals surface area contributed by atoms with Crippen molar-refractivity contribution in [2.75, 3.05) is 13.2 Å². The van der Waals surface area contributed by atoms with Crippen LogP contribution in [0.3, 0.4) is 0 Å². The Hall–Kier alpha value is -0.120. The van der Waals surface area contributed by atoms with Gasteiger partial charge >= 0.3 is 0 Å². The minimum absolute atomic E-state index is 0.420. The van der Waals surface area contributed by atoms with E-state index in [2.05, 4.69) is 5.32 Å². The van der Waals surface area contributed by atoms with Crippen molar-refractivity contribution in [3.63, 3.8) is 0 Å². The molecule has 2 N–H and O–H groups in total. The lowest BCUT2D eigenvalue weighted by molar-refractivity contribution is 0.0358. The van der Waals surface area contributed by atoms with Crippen molar-refractivity contribution in [3.05, 3.63) is 0 Å². The third kappa shape index (κ3) is 2.27. The molecule has 0 aromatic carbocycles. The summed E-state index contributed by atoms with van der Waals surface area (Å²) in [6, 6.07) is 0.497. The smallest absolute Gasteiger partial charge is 0.0771 e. The number of hydrogen-bond donors (Lipinski definition) is 2. The number of aliphatic hydroxyl groups is 1. The van der Waals surface area contributed by atoms with E-state index in [0.717, 1.165) is 38.3 Å². The molecule has 3 nitrogen and oxygen atoms in total. The minimum Gasteiger partial charge on any atom is -0.389 e. The zero-order valence-electron chi connectivity index (χ0n) is 9.95. The lowest BCUT2D eigenvalue weighted by Gasteiger charge is -2.27. The predicted octanol–water partition coefficient (Wildman–Crippen LogP) is 1.45. The van der Waals surface area contributed by atoms with Crippen LogP contribution in [0, 0.1) is 5.92 Å². The Labute approximate surface area is 97.6 Å². The SMILES string of the molecule is OC1(CNC2CCOC2C2CC2)CCCC1. The van der Waals surface area contributed by atoms with Gasteiger partial charge in [0.2, 0.25) is 0 Å². The molecule has 2 saturated carbocycles. The molecule has 0 aromatic rings. The van der Waals surface area contributed by atoms with Gasteiger partial charge in [0.1, 0.15) is 0 Å². The highest BCUT2D eigenvalue weighted by atomic mass is 16.5. The van der Waals surface area contributed by atoms with Crippen LogP contribution in [-0.2, 0) is 4.74 Å². The molecule has 0 amide bonds. The molecule has 1 aliphatic heterocycles. The molecule has 0 spiro atoms. The van der Waals surface area contributed by atoms with Crippen LogP contribution in [0.2, 0.25) is 0 Å². The number of ether oxygens (including phenoxy) is 1. The van der Waals surface area contributed by atoms with Gasteiger partial charge in [-0.05, 0) is 38.0 Å². The summed E-state index contributed by atoms with van der Waals surface area (Å²) in [7, 11) is 0. The van der Waals surface area contributed by atoms with Crippen LogP contribution >= 0.6 is 0 Å². The standard InChI is InChI=1S/C13H23NO2/c15-13(6-1-2-7-13)9-14-11-5-8-16-12(11)10-3-4-10/h10-12,14-15H,1-9H2. The topological polar surface area (TPSA) is 41.5 Å². The summed E-state index contributed by atoms with van der Waals surface area (Å²) in [6.07, 6.45) is 8.56. The molecule has 92 valence electrons. The van der Waals surface area contributed by atoms with Crippen molar-refractivity contribution in [2.45, 2.75) is 62.7 Å². The first-order valence-corrected chi connectivity index (χ1v) is 6.84. The fraction of sp³-hybridized carbons (Fsp3) is 1.00. The maximum atomic E-state index is 10.3. The van der Waals surface area contributed by atoms with Crippen LogP contribution in [0.5, 0.6) is 0 Å². The Morgan fingerprint density at radius 3 is 2.62 bits per heavy atom. The molecule has 16 heavy (non-hydrogen) atoms. The molecule has 2 atom stereocenters. The van der Waals surface area contributed by atoms with Gasteiger partial charge in [-0.15, -0.1) is 0 Å². The van der Waals surface area contributed by atoms with Crippen molar-refractivity contribution >= 4 is 0 Å². The van der Waals surface area contributed by atoms with E-state index in [1.165, 1.54) is 25.7 Å². The van der Waals surface area contributed by atoms with E-state index in [1.54, 1.807) is 0 Å². The van der Waals surface area contributed by atoms with Crippen molar-refractivity contribution in [1.82, 2.24) is 5.32 Å². The first kappa shape index (κ1) is 11.0. The van der Waals surface area contributed by atoms with Crippen LogP contribution in [0.15, 0.2) is 0 Å². The van der Waals surface area contributed by atoms with Crippen LogP contribution in [0.1, 0.15) is 44.9 Å². The van der Waals surface area contributed by atoms with Crippen LogP contribution in [0.4, 0.5) is 0 Å². The van der Waals surface area contributed by atoms with Crippen molar-refractivity contribution in [2.24, 2.45) is 5.92 Å². The van der Waals surface area contributed by atoms with E-state index in [0.29, 0.717) is 12.1 Å². The summed E-state index contributed by atoms with van der Waals surface area (Å²) in [6.45, 7) is 1.67. The van der Waals surface area contributed by atoms with Crippen LogP contribution in [-0.4, -0.2) is 36.0 Å². The molecule has 0 radical (unpaired) electrons. The van der Waals surface area contributed by atoms with E-state index in [-0.39, 0.29) is 0 Å². The van der Waals surface area contributed by atoms with Gasteiger partial charge in [0.15, 0.2) is 0 Å². The summed E-state index contributed by atoms with van der Waals surface area (Å²) in [5, 5.41) is 13.8. The zero-order valence-corrected chi connectivity index (χ0v) is 9.95. The maximum absolute atomic E-state index is 10.3. The van der Waals surface area contributed by atoms with E-state index >= 15 is 0 Å². The fourth-order valence-corrected chi connectivity index (χ4v) is 3.25. The molecular formula is C13H23NO2. The number of hydrogen-bond acceptors (Lipinski definition) is 3. The molecule has 3 fully saturated rings. The van der Waals surface area contributed by atoms with Crippen LogP contribution < -0.4 is 5.32 Å². The average molecular weight is 225 g/mol. The minimum atomic E-state index is -0.420. The average Bonchev–Trinajstić information content (AvgIpc) is 2.86. The molecule has 0 bridgehead atoms. The van der Waals surface area contributed by atoms with Gasteiger partial charge in [-0.3, -0.25) is 0 Å². The largest absolute Gasteiger partial charge is 0.389 e. The maximum Gasteiger partial charge on any atom is 0.0771 e. The zero-order chi connectivity index (χ0) is 11.0. The molecule has 2 unspecified atom stereocenters. The van der Waals surface area contributed by atoms with Gasteiger partial charge in [-0.1, -0.05) is 12.8 Å². The molecule has 0 aromatic heterocycles. The summed E-state index contributed by atoms with van der Waals surface area (Å²) in [5.41, 5.74) is -0.420. The monoisotopic (exact) mass is 225 g/mol. The van der Waals surface area contributed by atoms with Crippen molar-refractivity contribution < 1.29 is 9.84 Å². The van der Waals surface area contributed by atoms with E-state index in [4.69, 9.17) is 4.74 Å². The Morgan fingerprint density at radius 1 is 1.19 bits per heavy atom. The molecule has 1 saturated heterocycles. The molecular weight excluding hydrogens is 202 g/mol. The molecule has 3 heteroatoms. The summed E-state index contributed by atoms with van der Waals surface area (Å²) < 4.78 is 5.79. The summed E-state index contributed by atoms with van der Waals surface area (Å²) in [4.78, 5) is 0. The normalized spacial score (nSPS) is 38.1. The lowest BCUT2D eigenvalue weighted by Crippen LogP contribution is -2.46. The van der Waals surface area contributed by atoms with Gasteiger partial charge in [-0.25, -0.2) is 0 Å². The summed E-state index contributed by atoms with van der Waals surface area (Å²) >= 11 is 0. The van der Waals surface area contributed by atoms with Crippen molar-refractivity contribution in [1.29, 1.82) is 0 Å². The Kier molecular flexibility index (Phi) is 2.94. The van der Waals surface area contributed by atoms with Gasteiger partial charge in [-0.2, -0.15) is 0 Å². The Balaban J connectivity index is 1.50. The van der Waals surface area contributed by atoms with Crippen molar-refractivity contribution in [3.8, 4) is 0 Å². The highest BCUT2D eigenvalue weighted by Gasteiger charge is 2.41. The summed E-state index contributed by atoms with van der Waals surface area (Å²) in [5.74, 6) is 0.804. The van der Waals surface area contributed by atoms with Crippen LogP contribution in [0.25, 0.3) is 0 Å². The second-order valence-electron chi connectivity index (χ2n) is 5.88.